The van der Waals surface area contributed by atoms with Gasteiger partial charge in [-0.15, -0.1) is 0 Å². The Balaban J connectivity index is 1.92. The molecule has 0 saturated heterocycles. The molecule has 6 heteroatoms. The molecule has 2 heterocycles. The number of hydrogen-bond donors (Lipinski definition) is 1. The molecule has 0 saturated carbocycles. The third kappa shape index (κ3) is 3.07. The maximum absolute atomic E-state index is 12.7. The molecule has 0 unspecified atom stereocenters. The number of aliphatic carboxylic acids is 1. The van der Waals surface area contributed by atoms with Crippen molar-refractivity contribution in [1.82, 2.24) is 9.88 Å². The SMILES string of the molecule is CN(C(=O)c1cncc(-c2ccc3c(c2)CCO3)c1)C(C)(C)C(=O)O. The average molecular weight is 340 g/mol. The van der Waals surface area contributed by atoms with E-state index in [4.69, 9.17) is 4.74 Å². The summed E-state index contributed by atoms with van der Waals surface area (Å²) in [6.07, 6.45) is 4.01. The number of rotatable bonds is 4. The monoisotopic (exact) mass is 340 g/mol. The van der Waals surface area contributed by atoms with E-state index in [2.05, 4.69) is 4.98 Å². The summed E-state index contributed by atoms with van der Waals surface area (Å²) in [5, 5.41) is 9.31. The Morgan fingerprint density at radius 3 is 2.68 bits per heavy atom. The van der Waals surface area contributed by atoms with Crippen molar-refractivity contribution in [2.75, 3.05) is 13.7 Å². The molecule has 130 valence electrons. The Labute approximate surface area is 146 Å². The Morgan fingerprint density at radius 1 is 1.20 bits per heavy atom. The number of carbonyl (C=O) groups excluding carboxylic acids is 1. The van der Waals surface area contributed by atoms with Gasteiger partial charge >= 0.3 is 5.97 Å². The van der Waals surface area contributed by atoms with E-state index in [0.29, 0.717) is 12.2 Å². The highest BCUT2D eigenvalue weighted by molar-refractivity contribution is 5.98. The lowest BCUT2D eigenvalue weighted by molar-refractivity contribution is -0.147. The van der Waals surface area contributed by atoms with Gasteiger partial charge in [0.05, 0.1) is 12.2 Å². The zero-order valence-corrected chi connectivity index (χ0v) is 14.4. The number of fused-ring (bicyclic) bond motifs is 1. The second-order valence-corrected chi connectivity index (χ2v) is 6.61. The van der Waals surface area contributed by atoms with Crippen LogP contribution in [0.4, 0.5) is 0 Å². The van der Waals surface area contributed by atoms with E-state index in [1.165, 1.54) is 32.0 Å². The van der Waals surface area contributed by atoms with Crippen LogP contribution in [0.25, 0.3) is 11.1 Å². The van der Waals surface area contributed by atoms with Crippen LogP contribution in [0.3, 0.4) is 0 Å². The van der Waals surface area contributed by atoms with Crippen LogP contribution in [-0.2, 0) is 11.2 Å². The first-order valence-electron chi connectivity index (χ1n) is 8.03. The van der Waals surface area contributed by atoms with Gasteiger partial charge in [-0.05, 0) is 43.2 Å². The van der Waals surface area contributed by atoms with Crippen molar-refractivity contribution < 1.29 is 19.4 Å². The Kier molecular flexibility index (Phi) is 4.20. The summed E-state index contributed by atoms with van der Waals surface area (Å²) in [6.45, 7) is 3.67. The smallest absolute Gasteiger partial charge is 0.329 e. The van der Waals surface area contributed by atoms with E-state index >= 15 is 0 Å². The third-order valence-electron chi connectivity index (χ3n) is 4.67. The number of likely N-dealkylation sites (N-methyl/N-ethyl adjacent to an activating group) is 1. The van der Waals surface area contributed by atoms with Crippen LogP contribution < -0.4 is 4.74 Å². The molecule has 1 aromatic carbocycles. The number of carboxylic acid groups (broad SMARTS) is 1. The number of carboxylic acids is 1. The molecule has 1 N–H and O–H groups in total. The molecule has 1 aliphatic rings. The van der Waals surface area contributed by atoms with Crippen LogP contribution in [0, 0.1) is 0 Å². The van der Waals surface area contributed by atoms with Crippen LogP contribution in [0.15, 0.2) is 36.7 Å². The molecule has 1 amide bonds. The lowest BCUT2D eigenvalue weighted by atomic mass is 10.0. The second kappa shape index (κ2) is 6.20. The fourth-order valence-corrected chi connectivity index (χ4v) is 2.67. The quantitative estimate of drug-likeness (QED) is 0.925. The van der Waals surface area contributed by atoms with Gasteiger partial charge in [0.15, 0.2) is 0 Å². The summed E-state index contributed by atoms with van der Waals surface area (Å²) in [5.74, 6) is -0.552. The summed E-state index contributed by atoms with van der Waals surface area (Å²) in [6, 6.07) is 7.63. The first-order valence-corrected chi connectivity index (χ1v) is 8.03. The summed E-state index contributed by atoms with van der Waals surface area (Å²) < 4.78 is 5.51. The van der Waals surface area contributed by atoms with E-state index in [-0.39, 0.29) is 5.91 Å². The summed E-state index contributed by atoms with van der Waals surface area (Å²) in [5.41, 5.74) is 1.94. The minimum absolute atomic E-state index is 0.353. The van der Waals surface area contributed by atoms with Crippen molar-refractivity contribution in [2.24, 2.45) is 0 Å². The lowest BCUT2D eigenvalue weighted by Crippen LogP contribution is -2.50. The molecular weight excluding hydrogens is 320 g/mol. The molecule has 0 fully saturated rings. The topological polar surface area (TPSA) is 79.7 Å². The number of hydrogen-bond acceptors (Lipinski definition) is 4. The highest BCUT2D eigenvalue weighted by atomic mass is 16.5. The van der Waals surface area contributed by atoms with Gasteiger partial charge in [0.2, 0.25) is 0 Å². The maximum atomic E-state index is 12.7. The number of aromatic nitrogens is 1. The molecule has 0 radical (unpaired) electrons. The molecule has 3 rings (SSSR count). The zero-order valence-electron chi connectivity index (χ0n) is 14.4. The number of benzene rings is 1. The van der Waals surface area contributed by atoms with E-state index in [1.807, 2.05) is 18.2 Å². The predicted octanol–water partition coefficient (Wildman–Crippen LogP) is 2.62. The number of nitrogens with zero attached hydrogens (tertiary/aromatic N) is 2. The fourth-order valence-electron chi connectivity index (χ4n) is 2.67. The number of pyridine rings is 1. The molecule has 6 nitrogen and oxygen atoms in total. The van der Waals surface area contributed by atoms with E-state index in [0.717, 1.165) is 28.9 Å². The van der Waals surface area contributed by atoms with Gasteiger partial charge in [-0.2, -0.15) is 0 Å². The van der Waals surface area contributed by atoms with E-state index in [9.17, 15) is 14.7 Å². The molecule has 25 heavy (non-hydrogen) atoms. The molecule has 1 aliphatic heterocycles. The van der Waals surface area contributed by atoms with Crippen LogP contribution in [-0.4, -0.2) is 46.1 Å². The van der Waals surface area contributed by atoms with Gasteiger partial charge in [0, 0.05) is 31.4 Å². The van der Waals surface area contributed by atoms with E-state index in [1.54, 1.807) is 12.3 Å². The maximum Gasteiger partial charge on any atom is 0.329 e. The van der Waals surface area contributed by atoms with Gasteiger partial charge < -0.3 is 14.7 Å². The number of amides is 1. The van der Waals surface area contributed by atoms with Crippen LogP contribution >= 0.6 is 0 Å². The lowest BCUT2D eigenvalue weighted by Gasteiger charge is -2.31. The van der Waals surface area contributed by atoms with Crippen molar-refractivity contribution in [3.05, 3.63) is 47.8 Å². The van der Waals surface area contributed by atoms with Crippen LogP contribution in [0.5, 0.6) is 5.75 Å². The minimum atomic E-state index is -1.31. The standard InChI is InChI=1S/C19H20N2O4/c1-19(2,18(23)24)21(3)17(22)15-9-14(10-20-11-15)12-4-5-16-13(8-12)6-7-25-16/h4-5,8-11H,6-7H2,1-3H3,(H,23,24). The number of carbonyl (C=O) groups is 2. The summed E-state index contributed by atoms with van der Waals surface area (Å²) in [4.78, 5) is 29.4. The van der Waals surface area contributed by atoms with Crippen molar-refractivity contribution >= 4 is 11.9 Å². The first kappa shape index (κ1) is 17.0. The average Bonchev–Trinajstić information content (AvgIpc) is 3.08. The van der Waals surface area contributed by atoms with Gasteiger partial charge in [-0.3, -0.25) is 9.78 Å². The molecule has 1 aromatic heterocycles. The molecule has 0 aliphatic carbocycles. The highest BCUT2D eigenvalue weighted by Crippen LogP contribution is 2.30. The third-order valence-corrected chi connectivity index (χ3v) is 4.67. The normalized spacial score (nSPS) is 13.1. The Hall–Kier alpha value is -2.89. The predicted molar refractivity (Wildman–Crippen MR) is 92.7 cm³/mol. The second-order valence-electron chi connectivity index (χ2n) is 6.61. The Bertz CT molecular complexity index is 845. The molecule has 2 aromatic rings. The summed E-state index contributed by atoms with van der Waals surface area (Å²) in [7, 11) is 1.48. The van der Waals surface area contributed by atoms with Gasteiger partial charge in [-0.1, -0.05) is 6.07 Å². The molecular formula is C19H20N2O4. The van der Waals surface area contributed by atoms with Gasteiger partial charge in [0.1, 0.15) is 11.3 Å². The molecule has 0 atom stereocenters. The van der Waals surface area contributed by atoms with Crippen LogP contribution in [0.1, 0.15) is 29.8 Å². The number of ether oxygens (including phenoxy) is 1. The van der Waals surface area contributed by atoms with Crippen molar-refractivity contribution in [1.29, 1.82) is 0 Å². The highest BCUT2D eigenvalue weighted by Gasteiger charge is 2.35. The largest absolute Gasteiger partial charge is 0.493 e. The van der Waals surface area contributed by atoms with Crippen molar-refractivity contribution in [3.63, 3.8) is 0 Å². The molecule has 0 bridgehead atoms. The van der Waals surface area contributed by atoms with Crippen molar-refractivity contribution in [3.8, 4) is 16.9 Å². The summed E-state index contributed by atoms with van der Waals surface area (Å²) >= 11 is 0. The van der Waals surface area contributed by atoms with Crippen molar-refractivity contribution in [2.45, 2.75) is 25.8 Å². The zero-order chi connectivity index (χ0) is 18.2. The molecule has 0 spiro atoms. The van der Waals surface area contributed by atoms with Crippen LogP contribution in [0.2, 0.25) is 0 Å². The first-order chi connectivity index (χ1) is 11.8. The fraction of sp³-hybridized carbons (Fsp3) is 0.316. The van der Waals surface area contributed by atoms with E-state index < -0.39 is 11.5 Å². The van der Waals surface area contributed by atoms with Gasteiger partial charge in [-0.25, -0.2) is 4.79 Å². The van der Waals surface area contributed by atoms with Gasteiger partial charge in [0.25, 0.3) is 5.91 Å². The minimum Gasteiger partial charge on any atom is -0.493 e. The Morgan fingerprint density at radius 2 is 1.96 bits per heavy atom.